The van der Waals surface area contributed by atoms with Gasteiger partial charge < -0.3 is 43.4 Å². The van der Waals surface area contributed by atoms with Gasteiger partial charge in [-0.2, -0.15) is 0 Å². The van der Waals surface area contributed by atoms with Gasteiger partial charge in [-0.05, 0) is 50.2 Å². The maximum absolute atomic E-state index is 13.2. The van der Waals surface area contributed by atoms with Crippen molar-refractivity contribution in [3.8, 4) is 0 Å². The Hall–Kier alpha value is -4.66. The summed E-state index contributed by atoms with van der Waals surface area (Å²) in [5, 5.41) is 22.5. The number of carbonyl (C=O) groups excluding carboxylic acids is 4. The summed E-state index contributed by atoms with van der Waals surface area (Å²) >= 11 is 0. The highest BCUT2D eigenvalue weighted by atomic mass is 16.7. The zero-order chi connectivity index (χ0) is 34.4. The van der Waals surface area contributed by atoms with Crippen molar-refractivity contribution in [1.82, 2.24) is 0 Å². The predicted octanol–water partition coefficient (Wildman–Crippen LogP) is 2.82. The minimum atomic E-state index is -1.81. The van der Waals surface area contributed by atoms with E-state index >= 15 is 0 Å². The Labute approximate surface area is 276 Å². The molecule has 10 atom stereocenters. The van der Waals surface area contributed by atoms with Crippen LogP contribution in [0.25, 0.3) is 0 Å². The van der Waals surface area contributed by atoms with Crippen molar-refractivity contribution in [3.63, 3.8) is 0 Å². The standard InChI is InChI=1S/C35H36O13/c1-19-27(46-32(39)23-15-9-5-10-16-23)29(44-21(3)36)30(34(41)42-19)48-35-25(37)28(47-33(40)24-17-11-6-12-18-24)26(20(2)43-35)45-31(38)22-13-7-4-8-14-22/h4-20,25-30,34-35,37,41H,1-3H3/t19-,20-,25+,26-,27-,28-,29+,30+,34+,35-/m0/s1. The van der Waals surface area contributed by atoms with Crippen molar-refractivity contribution >= 4 is 23.9 Å². The third kappa shape index (κ3) is 8.06. The van der Waals surface area contributed by atoms with E-state index in [-0.39, 0.29) is 16.7 Å². The molecule has 254 valence electrons. The van der Waals surface area contributed by atoms with Crippen LogP contribution in [0, 0.1) is 0 Å². The first-order valence-corrected chi connectivity index (χ1v) is 15.3. The molecule has 0 unspecified atom stereocenters. The van der Waals surface area contributed by atoms with Crippen LogP contribution in [0.2, 0.25) is 0 Å². The highest BCUT2D eigenvalue weighted by Gasteiger charge is 2.54. The average Bonchev–Trinajstić information content (AvgIpc) is 3.08. The first-order valence-electron chi connectivity index (χ1n) is 15.3. The highest BCUT2D eigenvalue weighted by Crippen LogP contribution is 2.33. The van der Waals surface area contributed by atoms with Crippen LogP contribution in [0.15, 0.2) is 91.0 Å². The quantitative estimate of drug-likeness (QED) is 0.253. The Morgan fingerprint density at radius 3 is 1.38 bits per heavy atom. The van der Waals surface area contributed by atoms with E-state index < -0.39 is 85.3 Å². The van der Waals surface area contributed by atoms with Crippen LogP contribution in [0.3, 0.4) is 0 Å². The SMILES string of the molecule is CC(=O)O[C@@H]1[C@@H](OC(=O)c2ccccc2)[C@H](C)O[C@@H](O)[C@@H]1O[C@@H]1O[C@@H](C)[C@H](OC(=O)c2ccccc2)[C@@H](OC(=O)c2ccccc2)[C@H]1O. The summed E-state index contributed by atoms with van der Waals surface area (Å²) in [5.41, 5.74) is 0.592. The second kappa shape index (κ2) is 15.5. The summed E-state index contributed by atoms with van der Waals surface area (Å²) in [4.78, 5) is 51.4. The predicted molar refractivity (Wildman–Crippen MR) is 164 cm³/mol. The molecular weight excluding hydrogens is 628 g/mol. The Balaban J connectivity index is 1.41. The maximum Gasteiger partial charge on any atom is 0.338 e. The number of aliphatic hydroxyl groups is 2. The zero-order valence-corrected chi connectivity index (χ0v) is 26.3. The largest absolute Gasteiger partial charge is 0.455 e. The van der Waals surface area contributed by atoms with Crippen LogP contribution in [-0.2, 0) is 38.0 Å². The summed E-state index contributed by atoms with van der Waals surface area (Å²) in [6, 6.07) is 24.1. The van der Waals surface area contributed by atoms with E-state index in [1.807, 2.05) is 0 Å². The van der Waals surface area contributed by atoms with E-state index in [1.54, 1.807) is 54.6 Å². The molecule has 2 heterocycles. The van der Waals surface area contributed by atoms with E-state index in [2.05, 4.69) is 0 Å². The molecule has 2 saturated heterocycles. The van der Waals surface area contributed by atoms with Crippen LogP contribution in [0.1, 0.15) is 51.8 Å². The number of ether oxygens (including phenoxy) is 7. The minimum absolute atomic E-state index is 0.164. The molecule has 2 N–H and O–H groups in total. The molecule has 0 aliphatic carbocycles. The van der Waals surface area contributed by atoms with Crippen molar-refractivity contribution in [2.24, 2.45) is 0 Å². The van der Waals surface area contributed by atoms with Gasteiger partial charge in [-0.3, -0.25) is 4.79 Å². The molecule has 13 heteroatoms. The normalized spacial score (nSPS) is 30.0. The van der Waals surface area contributed by atoms with Gasteiger partial charge in [0.2, 0.25) is 0 Å². The van der Waals surface area contributed by atoms with Gasteiger partial charge >= 0.3 is 23.9 Å². The number of carbonyl (C=O) groups is 4. The molecular formula is C35H36O13. The van der Waals surface area contributed by atoms with Crippen LogP contribution in [0.5, 0.6) is 0 Å². The molecule has 48 heavy (non-hydrogen) atoms. The number of esters is 4. The fraction of sp³-hybridized carbons (Fsp3) is 0.371. The summed E-state index contributed by atoms with van der Waals surface area (Å²) < 4.78 is 40.1. The van der Waals surface area contributed by atoms with Crippen molar-refractivity contribution in [3.05, 3.63) is 108 Å². The maximum atomic E-state index is 13.2. The van der Waals surface area contributed by atoms with Crippen LogP contribution in [-0.4, -0.2) is 95.5 Å². The van der Waals surface area contributed by atoms with E-state index in [9.17, 15) is 29.4 Å². The molecule has 0 bridgehead atoms. The van der Waals surface area contributed by atoms with E-state index in [0.29, 0.717) is 0 Å². The Morgan fingerprint density at radius 2 is 0.938 bits per heavy atom. The fourth-order valence-corrected chi connectivity index (χ4v) is 5.47. The van der Waals surface area contributed by atoms with E-state index in [4.69, 9.17) is 33.2 Å². The summed E-state index contributed by atoms with van der Waals surface area (Å²) in [5.74, 6) is -3.11. The molecule has 3 aromatic rings. The van der Waals surface area contributed by atoms with Crippen molar-refractivity contribution in [1.29, 1.82) is 0 Å². The number of rotatable bonds is 9. The van der Waals surface area contributed by atoms with Gasteiger partial charge in [-0.1, -0.05) is 54.6 Å². The molecule has 5 rings (SSSR count). The van der Waals surface area contributed by atoms with Gasteiger partial charge in [0.15, 0.2) is 43.1 Å². The van der Waals surface area contributed by atoms with Crippen LogP contribution in [0.4, 0.5) is 0 Å². The lowest BCUT2D eigenvalue weighted by atomic mass is 9.97. The topological polar surface area (TPSA) is 173 Å². The molecule has 3 aromatic carbocycles. The van der Waals surface area contributed by atoms with E-state index in [1.165, 1.54) is 50.2 Å². The smallest absolute Gasteiger partial charge is 0.338 e. The van der Waals surface area contributed by atoms with Gasteiger partial charge in [-0.15, -0.1) is 0 Å². The van der Waals surface area contributed by atoms with E-state index in [0.717, 1.165) is 6.92 Å². The zero-order valence-electron chi connectivity index (χ0n) is 26.3. The molecule has 2 aliphatic rings. The third-order valence-electron chi connectivity index (χ3n) is 7.85. The van der Waals surface area contributed by atoms with Crippen molar-refractivity contribution in [2.75, 3.05) is 0 Å². The third-order valence-corrected chi connectivity index (χ3v) is 7.85. The molecule has 2 fully saturated rings. The lowest BCUT2D eigenvalue weighted by Gasteiger charge is -2.46. The Bertz CT molecular complexity index is 1550. The number of benzene rings is 3. The van der Waals surface area contributed by atoms with Crippen LogP contribution < -0.4 is 0 Å². The second-order valence-electron chi connectivity index (χ2n) is 11.3. The van der Waals surface area contributed by atoms with Crippen LogP contribution >= 0.6 is 0 Å². The lowest BCUT2D eigenvalue weighted by molar-refractivity contribution is -0.355. The molecule has 2 aliphatic heterocycles. The Morgan fingerprint density at radius 1 is 0.542 bits per heavy atom. The number of hydrogen-bond donors (Lipinski definition) is 2. The van der Waals surface area contributed by atoms with Gasteiger partial charge in [0.25, 0.3) is 0 Å². The fourth-order valence-electron chi connectivity index (χ4n) is 5.47. The Kier molecular flexibility index (Phi) is 11.2. The first kappa shape index (κ1) is 34.7. The second-order valence-corrected chi connectivity index (χ2v) is 11.3. The van der Waals surface area contributed by atoms with Crippen molar-refractivity contribution < 1.29 is 62.5 Å². The highest BCUT2D eigenvalue weighted by molar-refractivity contribution is 5.90. The molecule has 0 radical (unpaired) electrons. The molecule has 13 nitrogen and oxygen atoms in total. The summed E-state index contributed by atoms with van der Waals surface area (Å²) in [6.07, 6.45) is -14.3. The lowest BCUT2D eigenvalue weighted by Crippen LogP contribution is -2.65. The first-order chi connectivity index (χ1) is 23.0. The van der Waals surface area contributed by atoms with Gasteiger partial charge in [-0.25, -0.2) is 14.4 Å². The molecule has 0 aromatic heterocycles. The van der Waals surface area contributed by atoms with Gasteiger partial charge in [0, 0.05) is 6.92 Å². The van der Waals surface area contributed by atoms with Crippen molar-refractivity contribution in [2.45, 2.75) is 82.2 Å². The van der Waals surface area contributed by atoms with Gasteiger partial charge in [0.05, 0.1) is 28.9 Å². The molecule has 0 saturated carbocycles. The number of aliphatic hydroxyl groups excluding tert-OH is 2. The molecule has 0 spiro atoms. The summed E-state index contributed by atoms with van der Waals surface area (Å²) in [7, 11) is 0. The summed E-state index contributed by atoms with van der Waals surface area (Å²) in [6.45, 7) is 4.15. The average molecular weight is 665 g/mol. The minimum Gasteiger partial charge on any atom is -0.455 e. The van der Waals surface area contributed by atoms with Gasteiger partial charge in [0.1, 0.15) is 6.10 Å². The monoisotopic (exact) mass is 664 g/mol. The molecule has 0 amide bonds. The number of hydrogen-bond acceptors (Lipinski definition) is 13.